The molecule has 0 bridgehead atoms. The van der Waals surface area contributed by atoms with Crippen LogP contribution in [0, 0.1) is 6.92 Å². The highest BCUT2D eigenvalue weighted by Crippen LogP contribution is 2.11. The number of carbonyl (C=O) groups is 1. The maximum absolute atomic E-state index is 11.6. The SMILES string of the molecule is Cc1cccc(OCC(=O)NCCc2ccco2)c1. The smallest absolute Gasteiger partial charge is 0.257 e. The summed E-state index contributed by atoms with van der Waals surface area (Å²) in [6.07, 6.45) is 2.31. The van der Waals surface area contributed by atoms with Crippen molar-refractivity contribution in [1.29, 1.82) is 0 Å². The summed E-state index contributed by atoms with van der Waals surface area (Å²) in [5, 5.41) is 2.78. The predicted octanol–water partition coefficient (Wildman–Crippen LogP) is 2.33. The number of hydrogen-bond acceptors (Lipinski definition) is 3. The maximum atomic E-state index is 11.6. The van der Waals surface area contributed by atoms with Crippen molar-refractivity contribution in [1.82, 2.24) is 5.32 Å². The number of rotatable bonds is 6. The molecule has 0 spiro atoms. The fourth-order valence-electron chi connectivity index (χ4n) is 1.68. The summed E-state index contributed by atoms with van der Waals surface area (Å²) >= 11 is 0. The second-order valence-corrected chi connectivity index (χ2v) is 4.28. The van der Waals surface area contributed by atoms with E-state index in [4.69, 9.17) is 9.15 Å². The minimum Gasteiger partial charge on any atom is -0.484 e. The van der Waals surface area contributed by atoms with Crippen molar-refractivity contribution in [2.45, 2.75) is 13.3 Å². The van der Waals surface area contributed by atoms with Gasteiger partial charge in [0.05, 0.1) is 6.26 Å². The van der Waals surface area contributed by atoms with Crippen molar-refractivity contribution in [2.24, 2.45) is 0 Å². The van der Waals surface area contributed by atoms with Gasteiger partial charge in [-0.05, 0) is 36.8 Å². The third-order valence-corrected chi connectivity index (χ3v) is 2.63. The van der Waals surface area contributed by atoms with Crippen LogP contribution < -0.4 is 10.1 Å². The summed E-state index contributed by atoms with van der Waals surface area (Å²) in [6.45, 7) is 2.56. The van der Waals surface area contributed by atoms with Crippen LogP contribution in [0.5, 0.6) is 5.75 Å². The molecule has 0 atom stereocenters. The molecule has 2 rings (SSSR count). The van der Waals surface area contributed by atoms with Gasteiger partial charge in [0, 0.05) is 13.0 Å². The molecule has 0 saturated heterocycles. The molecule has 0 aliphatic heterocycles. The number of benzene rings is 1. The van der Waals surface area contributed by atoms with Crippen LogP contribution in [-0.2, 0) is 11.2 Å². The Labute approximate surface area is 112 Å². The highest BCUT2D eigenvalue weighted by molar-refractivity contribution is 5.77. The lowest BCUT2D eigenvalue weighted by Crippen LogP contribution is -2.30. The number of aryl methyl sites for hydroxylation is 1. The fourth-order valence-corrected chi connectivity index (χ4v) is 1.68. The highest BCUT2D eigenvalue weighted by Gasteiger charge is 2.03. The van der Waals surface area contributed by atoms with Crippen LogP contribution in [0.25, 0.3) is 0 Å². The lowest BCUT2D eigenvalue weighted by molar-refractivity contribution is -0.123. The number of furan rings is 1. The quantitative estimate of drug-likeness (QED) is 0.866. The first-order valence-electron chi connectivity index (χ1n) is 6.22. The van der Waals surface area contributed by atoms with E-state index in [1.165, 1.54) is 0 Å². The summed E-state index contributed by atoms with van der Waals surface area (Å²) in [5.74, 6) is 1.44. The van der Waals surface area contributed by atoms with Gasteiger partial charge in [-0.25, -0.2) is 0 Å². The zero-order valence-electron chi connectivity index (χ0n) is 10.9. The molecule has 0 radical (unpaired) electrons. The van der Waals surface area contributed by atoms with Gasteiger partial charge in [-0.1, -0.05) is 12.1 Å². The molecule has 0 fully saturated rings. The van der Waals surface area contributed by atoms with Crippen LogP contribution in [-0.4, -0.2) is 19.1 Å². The number of nitrogens with one attached hydrogen (secondary N) is 1. The van der Waals surface area contributed by atoms with Crippen LogP contribution in [0.4, 0.5) is 0 Å². The molecule has 0 unspecified atom stereocenters. The van der Waals surface area contributed by atoms with Gasteiger partial charge in [0.15, 0.2) is 6.61 Å². The van der Waals surface area contributed by atoms with E-state index in [1.54, 1.807) is 6.26 Å². The second-order valence-electron chi connectivity index (χ2n) is 4.28. The Morgan fingerprint density at radius 3 is 2.95 bits per heavy atom. The van der Waals surface area contributed by atoms with Gasteiger partial charge >= 0.3 is 0 Å². The average molecular weight is 259 g/mol. The molecule has 1 N–H and O–H groups in total. The van der Waals surface area contributed by atoms with Gasteiger partial charge in [0.25, 0.3) is 5.91 Å². The Kier molecular flexibility index (Phi) is 4.61. The molecule has 0 aliphatic rings. The minimum absolute atomic E-state index is 0.0294. The van der Waals surface area contributed by atoms with Gasteiger partial charge in [-0.15, -0.1) is 0 Å². The highest BCUT2D eigenvalue weighted by atomic mass is 16.5. The van der Waals surface area contributed by atoms with Crippen LogP contribution in [0.1, 0.15) is 11.3 Å². The number of amides is 1. The summed E-state index contributed by atoms with van der Waals surface area (Å²) in [4.78, 5) is 11.6. The third kappa shape index (κ3) is 4.50. The largest absolute Gasteiger partial charge is 0.484 e. The van der Waals surface area contributed by atoms with Crippen molar-refractivity contribution in [3.05, 3.63) is 54.0 Å². The Morgan fingerprint density at radius 2 is 2.21 bits per heavy atom. The van der Waals surface area contributed by atoms with Crippen molar-refractivity contribution in [3.8, 4) is 5.75 Å². The molecule has 1 amide bonds. The lowest BCUT2D eigenvalue weighted by atomic mass is 10.2. The van der Waals surface area contributed by atoms with E-state index in [0.717, 1.165) is 11.3 Å². The third-order valence-electron chi connectivity index (χ3n) is 2.63. The van der Waals surface area contributed by atoms with Crippen LogP contribution in [0.3, 0.4) is 0 Å². The van der Waals surface area contributed by atoms with Gasteiger partial charge in [0.1, 0.15) is 11.5 Å². The summed E-state index contributed by atoms with van der Waals surface area (Å²) < 4.78 is 10.6. The monoisotopic (exact) mass is 259 g/mol. The average Bonchev–Trinajstić information content (AvgIpc) is 2.90. The Morgan fingerprint density at radius 1 is 1.32 bits per heavy atom. The molecule has 2 aromatic rings. The molecule has 4 heteroatoms. The van der Waals surface area contributed by atoms with Crippen LogP contribution in [0.15, 0.2) is 47.1 Å². The van der Waals surface area contributed by atoms with Crippen molar-refractivity contribution in [3.63, 3.8) is 0 Å². The lowest BCUT2D eigenvalue weighted by Gasteiger charge is -2.07. The summed E-state index contributed by atoms with van der Waals surface area (Å²) in [6, 6.07) is 11.3. The summed E-state index contributed by atoms with van der Waals surface area (Å²) in [7, 11) is 0. The topological polar surface area (TPSA) is 51.5 Å². The minimum atomic E-state index is -0.131. The van der Waals surface area contributed by atoms with E-state index in [9.17, 15) is 4.79 Å². The van der Waals surface area contributed by atoms with Crippen molar-refractivity contribution in [2.75, 3.05) is 13.2 Å². The predicted molar refractivity (Wildman–Crippen MR) is 72.1 cm³/mol. The second kappa shape index (κ2) is 6.64. The van der Waals surface area contributed by atoms with Crippen molar-refractivity contribution >= 4 is 5.91 Å². The number of ether oxygens (including phenoxy) is 1. The van der Waals surface area contributed by atoms with Crippen LogP contribution in [0.2, 0.25) is 0 Å². The molecule has 0 aliphatic carbocycles. The van der Waals surface area contributed by atoms with Crippen molar-refractivity contribution < 1.29 is 13.9 Å². The number of hydrogen-bond donors (Lipinski definition) is 1. The molecule has 1 aromatic carbocycles. The van der Waals surface area contributed by atoms with E-state index in [1.807, 2.05) is 43.3 Å². The molecular weight excluding hydrogens is 242 g/mol. The van der Waals surface area contributed by atoms with Gasteiger partial charge in [0.2, 0.25) is 0 Å². The van der Waals surface area contributed by atoms with E-state index in [0.29, 0.717) is 18.7 Å². The first-order valence-corrected chi connectivity index (χ1v) is 6.22. The molecule has 1 aromatic heterocycles. The van der Waals surface area contributed by atoms with Gasteiger partial charge in [-0.3, -0.25) is 4.79 Å². The Balaban J connectivity index is 1.67. The normalized spacial score (nSPS) is 10.2. The van der Waals surface area contributed by atoms with E-state index in [-0.39, 0.29) is 12.5 Å². The molecule has 0 saturated carbocycles. The van der Waals surface area contributed by atoms with E-state index < -0.39 is 0 Å². The standard InChI is InChI=1S/C15H17NO3/c1-12-4-2-5-14(10-12)19-11-15(17)16-8-7-13-6-3-9-18-13/h2-6,9-10H,7-8,11H2,1H3,(H,16,17). The first kappa shape index (κ1) is 13.2. The maximum Gasteiger partial charge on any atom is 0.257 e. The fraction of sp³-hybridized carbons (Fsp3) is 0.267. The molecule has 100 valence electrons. The van der Waals surface area contributed by atoms with Crippen LogP contribution >= 0.6 is 0 Å². The first-order chi connectivity index (χ1) is 9.24. The molecule has 1 heterocycles. The molecule has 4 nitrogen and oxygen atoms in total. The Bertz CT molecular complexity index is 520. The number of carbonyl (C=O) groups excluding carboxylic acids is 1. The van der Waals surface area contributed by atoms with E-state index in [2.05, 4.69) is 5.32 Å². The zero-order chi connectivity index (χ0) is 13.5. The molecular formula is C15H17NO3. The van der Waals surface area contributed by atoms with Gasteiger partial charge in [-0.2, -0.15) is 0 Å². The Hall–Kier alpha value is -2.23. The molecule has 19 heavy (non-hydrogen) atoms. The van der Waals surface area contributed by atoms with Gasteiger partial charge < -0.3 is 14.5 Å². The van der Waals surface area contributed by atoms with E-state index >= 15 is 0 Å². The summed E-state index contributed by atoms with van der Waals surface area (Å²) in [5.41, 5.74) is 1.11. The zero-order valence-corrected chi connectivity index (χ0v) is 10.9.